The molecule has 1 rings (SSSR count). The van der Waals surface area contributed by atoms with Crippen LogP contribution in [0.5, 0.6) is 0 Å². The summed E-state index contributed by atoms with van der Waals surface area (Å²) < 4.78 is 4.90. The summed E-state index contributed by atoms with van der Waals surface area (Å²) in [6.07, 6.45) is -14.6. The lowest BCUT2D eigenvalue weighted by atomic mass is 9.90. The predicted molar refractivity (Wildman–Crippen MR) is 63.9 cm³/mol. The zero-order chi connectivity index (χ0) is 16.3. The molecule has 10 nitrogen and oxygen atoms in total. The first-order valence-electron chi connectivity index (χ1n) is 6.25. The molecule has 1 fully saturated rings. The van der Waals surface area contributed by atoms with E-state index in [0.717, 1.165) is 0 Å². The first-order chi connectivity index (χ1) is 9.76. The monoisotopic (exact) mass is 312 g/mol. The van der Waals surface area contributed by atoms with Crippen LogP contribution in [0.3, 0.4) is 0 Å². The zero-order valence-electron chi connectivity index (χ0n) is 10.9. The normalized spacial score (nSPS) is 37.8. The van der Waals surface area contributed by atoms with Gasteiger partial charge in [-0.05, 0) is 0 Å². The molecule has 0 aromatic carbocycles. The summed E-state index contributed by atoms with van der Waals surface area (Å²) in [4.78, 5) is 11.9. The average Bonchev–Trinajstić information content (AvgIpc) is 2.50. The Balaban J connectivity index is 2.85. The molecule has 1 aliphatic rings. The maximum Gasteiger partial charge on any atom is 0.195 e. The molecular formula is C11H20O10. The molecule has 0 aromatic heterocycles. The van der Waals surface area contributed by atoms with E-state index in [4.69, 9.17) is 20.1 Å². The fraction of sp³-hybridized carbons (Fsp3) is 0.909. The zero-order valence-corrected chi connectivity index (χ0v) is 10.9. The third kappa shape index (κ3) is 3.74. The summed E-state index contributed by atoms with van der Waals surface area (Å²) >= 11 is 0. The number of hydrogen-bond donors (Lipinski definition) is 8. The van der Waals surface area contributed by atoms with Gasteiger partial charge in [0, 0.05) is 0 Å². The summed E-state index contributed by atoms with van der Waals surface area (Å²) in [5, 5.41) is 74.5. The molecule has 0 aliphatic carbocycles. The van der Waals surface area contributed by atoms with Crippen LogP contribution < -0.4 is 0 Å². The van der Waals surface area contributed by atoms with E-state index in [2.05, 4.69) is 0 Å². The van der Waals surface area contributed by atoms with E-state index in [1.165, 1.54) is 0 Å². The maximum absolute atomic E-state index is 11.9. The van der Waals surface area contributed by atoms with Gasteiger partial charge in [-0.3, -0.25) is 4.79 Å². The van der Waals surface area contributed by atoms with Crippen molar-refractivity contribution < 1.29 is 50.4 Å². The Labute approximate surface area is 119 Å². The molecule has 0 aromatic rings. The minimum Gasteiger partial charge on any atom is -0.394 e. The number of ketones is 1. The van der Waals surface area contributed by atoms with Gasteiger partial charge in [0.15, 0.2) is 5.78 Å². The van der Waals surface area contributed by atoms with Crippen LogP contribution in [0.1, 0.15) is 0 Å². The topological polar surface area (TPSA) is 188 Å². The van der Waals surface area contributed by atoms with Crippen LogP contribution in [-0.2, 0) is 9.53 Å². The number of carbonyl (C=O) groups excluding carboxylic acids is 1. The highest BCUT2D eigenvalue weighted by Gasteiger charge is 2.48. The Morgan fingerprint density at radius 2 is 1.57 bits per heavy atom. The average molecular weight is 312 g/mol. The lowest BCUT2D eigenvalue weighted by molar-refractivity contribution is -0.230. The van der Waals surface area contributed by atoms with Crippen molar-refractivity contribution in [1.82, 2.24) is 0 Å². The van der Waals surface area contributed by atoms with Crippen LogP contribution in [0.15, 0.2) is 0 Å². The molecule has 0 radical (unpaired) electrons. The molecule has 0 amide bonds. The van der Waals surface area contributed by atoms with Crippen molar-refractivity contribution in [2.75, 3.05) is 13.2 Å². The van der Waals surface area contributed by atoms with Crippen molar-refractivity contribution in [2.24, 2.45) is 0 Å². The molecule has 8 N–H and O–H groups in total. The number of hydrogen-bond acceptors (Lipinski definition) is 10. The lowest BCUT2D eigenvalue weighted by Crippen LogP contribution is -2.63. The molecule has 21 heavy (non-hydrogen) atoms. The molecule has 10 heteroatoms. The quantitative estimate of drug-likeness (QED) is 0.235. The molecule has 0 bridgehead atoms. The van der Waals surface area contributed by atoms with E-state index >= 15 is 0 Å². The van der Waals surface area contributed by atoms with Crippen LogP contribution in [0.4, 0.5) is 0 Å². The minimum atomic E-state index is -2.20. The first kappa shape index (κ1) is 18.4. The third-order valence-corrected chi connectivity index (χ3v) is 3.37. The first-order valence-corrected chi connectivity index (χ1v) is 6.25. The second-order valence-corrected chi connectivity index (χ2v) is 4.84. The Kier molecular flexibility index (Phi) is 6.59. The van der Waals surface area contributed by atoms with Crippen LogP contribution in [0.25, 0.3) is 0 Å². The minimum absolute atomic E-state index is 0.757. The Morgan fingerprint density at radius 1 is 1.00 bits per heavy atom. The summed E-state index contributed by atoms with van der Waals surface area (Å²) in [5.41, 5.74) is 0. The van der Waals surface area contributed by atoms with Crippen molar-refractivity contribution >= 4 is 5.78 Å². The van der Waals surface area contributed by atoms with Crippen molar-refractivity contribution in [2.45, 2.75) is 48.8 Å². The van der Waals surface area contributed by atoms with E-state index in [-0.39, 0.29) is 0 Å². The van der Waals surface area contributed by atoms with Gasteiger partial charge < -0.3 is 45.6 Å². The fourth-order valence-electron chi connectivity index (χ4n) is 1.99. The number of aliphatic hydroxyl groups excluding tert-OH is 8. The molecular weight excluding hydrogens is 292 g/mol. The van der Waals surface area contributed by atoms with E-state index in [1.54, 1.807) is 0 Å². The summed E-state index contributed by atoms with van der Waals surface area (Å²) in [7, 11) is 0. The molecule has 8 atom stereocenters. The molecule has 0 saturated carbocycles. The van der Waals surface area contributed by atoms with E-state index in [0.29, 0.717) is 0 Å². The summed E-state index contributed by atoms with van der Waals surface area (Å²) in [6, 6.07) is 0. The van der Waals surface area contributed by atoms with Gasteiger partial charge in [0.2, 0.25) is 0 Å². The lowest BCUT2D eigenvalue weighted by Gasteiger charge is -2.40. The molecule has 1 aliphatic heterocycles. The Morgan fingerprint density at radius 3 is 2.05 bits per heavy atom. The smallest absolute Gasteiger partial charge is 0.195 e. The predicted octanol–water partition coefficient (Wildman–Crippen LogP) is -5.53. The Bertz CT molecular complexity index is 348. The molecule has 1 heterocycles. The van der Waals surface area contributed by atoms with Crippen molar-refractivity contribution in [3.05, 3.63) is 0 Å². The standard InChI is InChI=1S/C11H20O10/c12-1-3(14)5(15)7(17)9(19)11-10(20)8(18)6(16)4(2-13)21-11/h3-8,10-18,20H,1-2H2/t3-,4+,5-,6+,7+,8-,10+,11?/m0/s1. The molecule has 124 valence electrons. The van der Waals surface area contributed by atoms with Gasteiger partial charge in [0.25, 0.3) is 0 Å². The van der Waals surface area contributed by atoms with Gasteiger partial charge in [0.05, 0.1) is 13.2 Å². The number of aliphatic hydroxyl groups is 8. The largest absolute Gasteiger partial charge is 0.394 e. The summed E-state index contributed by atoms with van der Waals surface area (Å²) in [5.74, 6) is -1.27. The third-order valence-electron chi connectivity index (χ3n) is 3.37. The second-order valence-electron chi connectivity index (χ2n) is 4.84. The molecule has 1 saturated heterocycles. The van der Waals surface area contributed by atoms with Crippen LogP contribution in [0.2, 0.25) is 0 Å². The number of rotatable bonds is 6. The van der Waals surface area contributed by atoms with Crippen LogP contribution >= 0.6 is 0 Å². The SMILES string of the molecule is O=C(C1O[C@H](CO)[C@@H](O)[C@H](O)[C@H]1O)[C@H](O)[C@@H](O)[C@@H](O)CO. The van der Waals surface area contributed by atoms with E-state index in [9.17, 15) is 30.3 Å². The van der Waals surface area contributed by atoms with Crippen molar-refractivity contribution in [3.8, 4) is 0 Å². The number of carbonyl (C=O) groups is 1. The van der Waals surface area contributed by atoms with Crippen molar-refractivity contribution in [3.63, 3.8) is 0 Å². The number of Topliss-reactive ketones (excluding diaryl/α,β-unsaturated/α-hetero) is 1. The van der Waals surface area contributed by atoms with Gasteiger partial charge in [-0.1, -0.05) is 0 Å². The highest BCUT2D eigenvalue weighted by atomic mass is 16.5. The van der Waals surface area contributed by atoms with Crippen molar-refractivity contribution in [1.29, 1.82) is 0 Å². The van der Waals surface area contributed by atoms with Gasteiger partial charge in [-0.15, -0.1) is 0 Å². The fourth-order valence-corrected chi connectivity index (χ4v) is 1.99. The van der Waals surface area contributed by atoms with Crippen LogP contribution in [-0.4, -0.2) is 109 Å². The second kappa shape index (κ2) is 7.54. The van der Waals surface area contributed by atoms with E-state index < -0.39 is 67.8 Å². The van der Waals surface area contributed by atoms with E-state index in [1.807, 2.05) is 0 Å². The maximum atomic E-state index is 11.9. The van der Waals surface area contributed by atoms with Gasteiger partial charge in [0.1, 0.15) is 48.8 Å². The van der Waals surface area contributed by atoms with Gasteiger partial charge >= 0.3 is 0 Å². The van der Waals surface area contributed by atoms with Gasteiger partial charge in [-0.2, -0.15) is 0 Å². The summed E-state index contributed by atoms with van der Waals surface area (Å²) in [6.45, 7) is -1.67. The highest BCUT2D eigenvalue weighted by molar-refractivity contribution is 5.88. The van der Waals surface area contributed by atoms with Gasteiger partial charge in [-0.25, -0.2) is 0 Å². The molecule has 0 spiro atoms. The highest BCUT2D eigenvalue weighted by Crippen LogP contribution is 2.23. The number of ether oxygens (including phenoxy) is 1. The molecule has 1 unspecified atom stereocenters. The van der Waals surface area contributed by atoms with Crippen LogP contribution in [0, 0.1) is 0 Å². The Hall–Kier alpha value is -0.690.